The second-order valence-electron chi connectivity index (χ2n) is 7.67. The second-order valence-corrected chi connectivity index (χ2v) is 7.67. The molecule has 0 aliphatic carbocycles. The standard InChI is InChI=1S/C26H34FNO7/c1-3-32-24(25(29)30)19-20-7-11-22(12-8-20)35-18-16-28(26(31)33-4-2)15-5-6-17-34-23-13-9-21(27)10-14-23/h7-14,24H,3-6,15-19H2,1-2H3,(H,29,30). The van der Waals surface area contributed by atoms with Gasteiger partial charge in [0.15, 0.2) is 6.10 Å². The van der Waals surface area contributed by atoms with Gasteiger partial charge in [-0.05, 0) is 68.7 Å². The Labute approximate surface area is 205 Å². The summed E-state index contributed by atoms with van der Waals surface area (Å²) in [7, 11) is 0. The van der Waals surface area contributed by atoms with Crippen LogP contribution in [-0.4, -0.2) is 67.7 Å². The lowest BCUT2D eigenvalue weighted by atomic mass is 10.1. The zero-order chi connectivity index (χ0) is 25.5. The molecule has 0 spiro atoms. The van der Waals surface area contributed by atoms with Gasteiger partial charge in [0.2, 0.25) is 0 Å². The fourth-order valence-corrected chi connectivity index (χ4v) is 3.26. The van der Waals surface area contributed by atoms with Gasteiger partial charge >= 0.3 is 12.1 Å². The summed E-state index contributed by atoms with van der Waals surface area (Å²) in [5.74, 6) is -0.0831. The quantitative estimate of drug-likeness (QED) is 0.344. The van der Waals surface area contributed by atoms with Crippen molar-refractivity contribution in [1.82, 2.24) is 4.90 Å². The van der Waals surface area contributed by atoms with Gasteiger partial charge in [-0.3, -0.25) is 0 Å². The number of rotatable bonds is 16. The average molecular weight is 492 g/mol. The van der Waals surface area contributed by atoms with Crippen LogP contribution in [0.15, 0.2) is 48.5 Å². The first-order valence-corrected chi connectivity index (χ1v) is 11.8. The van der Waals surface area contributed by atoms with Gasteiger partial charge in [-0.25, -0.2) is 14.0 Å². The summed E-state index contributed by atoms with van der Waals surface area (Å²) >= 11 is 0. The van der Waals surface area contributed by atoms with Gasteiger partial charge in [-0.1, -0.05) is 12.1 Å². The predicted octanol–water partition coefficient (Wildman–Crippen LogP) is 4.55. The van der Waals surface area contributed by atoms with Crippen molar-refractivity contribution in [3.63, 3.8) is 0 Å². The summed E-state index contributed by atoms with van der Waals surface area (Å²) in [5, 5.41) is 9.21. The summed E-state index contributed by atoms with van der Waals surface area (Å²) < 4.78 is 34.7. The third kappa shape index (κ3) is 10.6. The smallest absolute Gasteiger partial charge is 0.409 e. The molecule has 0 saturated heterocycles. The molecule has 1 N–H and O–H groups in total. The maximum Gasteiger partial charge on any atom is 0.409 e. The molecule has 1 atom stereocenters. The number of ether oxygens (including phenoxy) is 4. The van der Waals surface area contributed by atoms with Gasteiger partial charge < -0.3 is 29.0 Å². The van der Waals surface area contributed by atoms with E-state index < -0.39 is 18.2 Å². The van der Waals surface area contributed by atoms with Gasteiger partial charge in [-0.2, -0.15) is 0 Å². The van der Waals surface area contributed by atoms with Crippen LogP contribution in [-0.2, 0) is 20.7 Å². The molecule has 8 nitrogen and oxygen atoms in total. The van der Waals surface area contributed by atoms with Crippen LogP contribution >= 0.6 is 0 Å². The SMILES string of the molecule is CCOC(=O)N(CCCCOc1ccc(F)cc1)CCOc1ccc(CC(OCC)C(=O)O)cc1. The lowest BCUT2D eigenvalue weighted by Gasteiger charge is -2.22. The van der Waals surface area contributed by atoms with Crippen LogP contribution in [0.2, 0.25) is 0 Å². The van der Waals surface area contributed by atoms with Crippen LogP contribution < -0.4 is 9.47 Å². The molecule has 192 valence electrons. The number of unbranched alkanes of at least 4 members (excludes halogenated alkanes) is 1. The van der Waals surface area contributed by atoms with Crippen molar-refractivity contribution in [3.8, 4) is 11.5 Å². The number of nitrogens with zero attached hydrogens (tertiary/aromatic N) is 1. The molecule has 0 saturated carbocycles. The lowest BCUT2D eigenvalue weighted by molar-refractivity contribution is -0.149. The summed E-state index contributed by atoms with van der Waals surface area (Å²) in [5.41, 5.74) is 0.828. The van der Waals surface area contributed by atoms with Crippen LogP contribution in [0.1, 0.15) is 32.3 Å². The van der Waals surface area contributed by atoms with Crippen molar-refractivity contribution in [2.75, 3.05) is 39.5 Å². The molecular formula is C26H34FNO7. The maximum absolute atomic E-state index is 12.9. The highest BCUT2D eigenvalue weighted by Gasteiger charge is 2.18. The fraction of sp³-hybridized carbons (Fsp3) is 0.462. The van der Waals surface area contributed by atoms with E-state index >= 15 is 0 Å². The minimum Gasteiger partial charge on any atom is -0.494 e. The monoisotopic (exact) mass is 491 g/mol. The third-order valence-electron chi connectivity index (χ3n) is 5.05. The summed E-state index contributed by atoms with van der Waals surface area (Å²) in [6.07, 6.45) is 0.409. The van der Waals surface area contributed by atoms with Crippen LogP contribution in [0.3, 0.4) is 0 Å². The molecule has 2 aromatic rings. The number of carboxylic acids is 1. The molecule has 2 aromatic carbocycles. The Morgan fingerprint density at radius 2 is 1.51 bits per heavy atom. The molecule has 1 amide bonds. The molecule has 0 aliphatic heterocycles. The van der Waals surface area contributed by atoms with E-state index in [0.717, 1.165) is 5.56 Å². The summed E-state index contributed by atoms with van der Waals surface area (Å²) in [6, 6.07) is 13.0. The van der Waals surface area contributed by atoms with E-state index in [1.165, 1.54) is 12.1 Å². The first kappa shape index (κ1) is 27.9. The molecule has 2 rings (SSSR count). The van der Waals surface area contributed by atoms with Gasteiger partial charge in [0.05, 0.1) is 19.8 Å². The number of hydrogen-bond donors (Lipinski definition) is 1. The zero-order valence-electron chi connectivity index (χ0n) is 20.3. The van der Waals surface area contributed by atoms with Crippen LogP contribution in [0, 0.1) is 5.82 Å². The lowest BCUT2D eigenvalue weighted by Crippen LogP contribution is -2.36. The first-order valence-electron chi connectivity index (χ1n) is 11.8. The van der Waals surface area contributed by atoms with Crippen molar-refractivity contribution < 1.29 is 38.0 Å². The first-order chi connectivity index (χ1) is 16.9. The zero-order valence-corrected chi connectivity index (χ0v) is 20.3. The number of carboxylic acid groups (broad SMARTS) is 1. The number of carbonyl (C=O) groups is 2. The third-order valence-corrected chi connectivity index (χ3v) is 5.05. The highest BCUT2D eigenvalue weighted by molar-refractivity contribution is 5.72. The predicted molar refractivity (Wildman–Crippen MR) is 128 cm³/mol. The van der Waals surface area contributed by atoms with Crippen molar-refractivity contribution >= 4 is 12.1 Å². The fourth-order valence-electron chi connectivity index (χ4n) is 3.26. The summed E-state index contributed by atoms with van der Waals surface area (Å²) in [6.45, 7) is 5.70. The van der Waals surface area contributed by atoms with Crippen molar-refractivity contribution in [3.05, 3.63) is 59.9 Å². The minimum atomic E-state index is -0.992. The van der Waals surface area contributed by atoms with E-state index in [2.05, 4.69) is 0 Å². The Balaban J connectivity index is 1.76. The Morgan fingerprint density at radius 1 is 0.886 bits per heavy atom. The van der Waals surface area contributed by atoms with Gasteiger partial charge in [0.1, 0.15) is 23.9 Å². The van der Waals surface area contributed by atoms with E-state index in [1.54, 1.807) is 55.1 Å². The van der Waals surface area contributed by atoms with E-state index in [1.807, 2.05) is 0 Å². The Bertz CT molecular complexity index is 890. The highest BCUT2D eigenvalue weighted by Crippen LogP contribution is 2.15. The number of benzene rings is 2. The molecule has 9 heteroatoms. The summed E-state index contributed by atoms with van der Waals surface area (Å²) in [4.78, 5) is 25.1. The molecule has 0 aromatic heterocycles. The number of hydrogen-bond acceptors (Lipinski definition) is 6. The van der Waals surface area contributed by atoms with Crippen molar-refractivity contribution in [2.24, 2.45) is 0 Å². The van der Waals surface area contributed by atoms with E-state index in [0.29, 0.717) is 50.6 Å². The molecule has 1 unspecified atom stereocenters. The molecule has 0 radical (unpaired) electrons. The number of halogens is 1. The van der Waals surface area contributed by atoms with Crippen molar-refractivity contribution in [1.29, 1.82) is 0 Å². The van der Waals surface area contributed by atoms with E-state index in [9.17, 15) is 19.1 Å². The topological polar surface area (TPSA) is 94.5 Å². The molecule has 0 bridgehead atoms. The molecular weight excluding hydrogens is 457 g/mol. The number of amides is 1. The van der Waals surface area contributed by atoms with E-state index in [4.69, 9.17) is 18.9 Å². The largest absolute Gasteiger partial charge is 0.494 e. The maximum atomic E-state index is 12.9. The Morgan fingerprint density at radius 3 is 2.11 bits per heavy atom. The van der Waals surface area contributed by atoms with Crippen LogP contribution in [0.4, 0.5) is 9.18 Å². The average Bonchev–Trinajstić information content (AvgIpc) is 2.84. The highest BCUT2D eigenvalue weighted by atomic mass is 19.1. The normalized spacial score (nSPS) is 11.5. The van der Waals surface area contributed by atoms with Crippen LogP contribution in [0.5, 0.6) is 11.5 Å². The molecule has 0 heterocycles. The Hall–Kier alpha value is -3.33. The van der Waals surface area contributed by atoms with Gasteiger partial charge in [0, 0.05) is 19.6 Å². The van der Waals surface area contributed by atoms with Gasteiger partial charge in [-0.15, -0.1) is 0 Å². The minimum absolute atomic E-state index is 0.269. The number of carbonyl (C=O) groups excluding carboxylic acids is 1. The van der Waals surface area contributed by atoms with Gasteiger partial charge in [0.25, 0.3) is 0 Å². The Kier molecular flexibility index (Phi) is 12.4. The molecule has 0 aliphatic rings. The number of aliphatic carboxylic acids is 1. The second kappa shape index (κ2) is 15.5. The molecule has 0 fully saturated rings. The van der Waals surface area contributed by atoms with Crippen molar-refractivity contribution in [2.45, 2.75) is 39.2 Å². The van der Waals surface area contributed by atoms with E-state index in [-0.39, 0.29) is 25.5 Å². The van der Waals surface area contributed by atoms with Crippen LogP contribution in [0.25, 0.3) is 0 Å². The molecule has 35 heavy (non-hydrogen) atoms.